The number of amides is 3. The van der Waals surface area contributed by atoms with Crippen molar-refractivity contribution in [1.82, 2.24) is 14.9 Å². The highest BCUT2D eigenvalue weighted by Crippen LogP contribution is 2.32. The summed E-state index contributed by atoms with van der Waals surface area (Å²) in [4.78, 5) is 43.4. The topological polar surface area (TPSA) is 103 Å². The summed E-state index contributed by atoms with van der Waals surface area (Å²) in [5, 5.41) is 13.4. The molecular weight excluding hydrogens is 380 g/mol. The van der Waals surface area contributed by atoms with E-state index in [9.17, 15) is 19.6 Å². The third-order valence-corrected chi connectivity index (χ3v) is 6.16. The van der Waals surface area contributed by atoms with Gasteiger partial charge in [0, 0.05) is 17.6 Å². The number of aryl methyl sites for hydroxylation is 1. The molecule has 1 fully saturated rings. The monoisotopic (exact) mass is 406 g/mol. The fraction of sp³-hybridized carbons (Fsp3) is 0.579. The molecule has 0 aromatic carbocycles. The Labute approximate surface area is 168 Å². The number of rotatable bonds is 8. The standard InChI is InChI=1S/C19H26N4O4S/c1-13-10-20-19(28-13)21-17(25)16-7-4-8-23(16)18(26)15(11-22(27)12-24)9-14-5-2-3-6-14/h4,7,10,12,14-16,27H,2-3,5-6,8-9,11H2,1H3,(H,20,21,25)/t15-,16+/m1/s1. The van der Waals surface area contributed by atoms with Crippen LogP contribution in [0.2, 0.25) is 0 Å². The van der Waals surface area contributed by atoms with Crippen LogP contribution in [0.15, 0.2) is 18.3 Å². The Bertz CT molecular complexity index is 744. The van der Waals surface area contributed by atoms with E-state index < -0.39 is 12.0 Å². The van der Waals surface area contributed by atoms with Crippen molar-refractivity contribution in [2.24, 2.45) is 11.8 Å². The van der Waals surface area contributed by atoms with E-state index in [1.165, 1.54) is 16.2 Å². The minimum atomic E-state index is -0.717. The lowest BCUT2D eigenvalue weighted by molar-refractivity contribution is -0.158. The Balaban J connectivity index is 1.68. The lowest BCUT2D eigenvalue weighted by Gasteiger charge is -2.30. The zero-order chi connectivity index (χ0) is 20.1. The molecule has 1 aromatic rings. The van der Waals surface area contributed by atoms with Crippen molar-refractivity contribution in [2.75, 3.05) is 18.4 Å². The predicted molar refractivity (Wildman–Crippen MR) is 105 cm³/mol. The molecule has 0 unspecified atom stereocenters. The second kappa shape index (κ2) is 9.29. The van der Waals surface area contributed by atoms with Crippen molar-refractivity contribution >= 4 is 34.7 Å². The molecule has 1 aromatic heterocycles. The van der Waals surface area contributed by atoms with E-state index in [1.807, 2.05) is 6.92 Å². The fourth-order valence-corrected chi connectivity index (χ4v) is 4.64. The molecule has 9 heteroatoms. The highest BCUT2D eigenvalue weighted by atomic mass is 32.1. The first-order valence-corrected chi connectivity index (χ1v) is 10.4. The Morgan fingerprint density at radius 2 is 2.21 bits per heavy atom. The van der Waals surface area contributed by atoms with Crippen LogP contribution in [0.1, 0.15) is 37.0 Å². The lowest BCUT2D eigenvalue weighted by atomic mass is 9.91. The number of thiazole rings is 1. The summed E-state index contributed by atoms with van der Waals surface area (Å²) >= 11 is 1.37. The molecule has 1 aliphatic heterocycles. The van der Waals surface area contributed by atoms with Gasteiger partial charge in [0.2, 0.25) is 12.3 Å². The van der Waals surface area contributed by atoms with Crippen molar-refractivity contribution in [1.29, 1.82) is 0 Å². The third-order valence-electron chi connectivity index (χ3n) is 5.33. The van der Waals surface area contributed by atoms with Crippen LogP contribution >= 0.6 is 11.3 Å². The van der Waals surface area contributed by atoms with Gasteiger partial charge in [-0.1, -0.05) is 37.8 Å². The van der Waals surface area contributed by atoms with Gasteiger partial charge in [0.05, 0.1) is 12.5 Å². The number of aromatic nitrogens is 1. The summed E-state index contributed by atoms with van der Waals surface area (Å²) in [6, 6.07) is -0.717. The van der Waals surface area contributed by atoms with Crippen LogP contribution in [-0.4, -0.2) is 57.5 Å². The molecule has 0 bridgehead atoms. The second-order valence-corrected chi connectivity index (χ2v) is 8.67. The van der Waals surface area contributed by atoms with Crippen molar-refractivity contribution in [3.05, 3.63) is 23.2 Å². The van der Waals surface area contributed by atoms with E-state index >= 15 is 0 Å². The number of anilines is 1. The van der Waals surface area contributed by atoms with Crippen LogP contribution in [0.4, 0.5) is 5.13 Å². The summed E-state index contributed by atoms with van der Waals surface area (Å²) in [5.41, 5.74) is 0. The summed E-state index contributed by atoms with van der Waals surface area (Å²) in [6.45, 7) is 2.18. The number of hydroxylamine groups is 2. The van der Waals surface area contributed by atoms with Gasteiger partial charge < -0.3 is 4.90 Å². The van der Waals surface area contributed by atoms with E-state index in [0.29, 0.717) is 35.5 Å². The minimum absolute atomic E-state index is 0.0602. The first-order valence-electron chi connectivity index (χ1n) is 9.59. The van der Waals surface area contributed by atoms with Gasteiger partial charge in [0.25, 0.3) is 5.91 Å². The Morgan fingerprint density at radius 3 is 2.86 bits per heavy atom. The normalized spacial score (nSPS) is 20.4. The molecule has 0 radical (unpaired) electrons. The molecule has 0 spiro atoms. The van der Waals surface area contributed by atoms with E-state index in [-0.39, 0.29) is 18.4 Å². The highest BCUT2D eigenvalue weighted by molar-refractivity contribution is 7.15. The van der Waals surface area contributed by atoms with Crippen LogP contribution in [0.25, 0.3) is 0 Å². The van der Waals surface area contributed by atoms with Crippen molar-refractivity contribution in [2.45, 2.75) is 45.1 Å². The molecule has 1 aliphatic carbocycles. The van der Waals surface area contributed by atoms with E-state index in [0.717, 1.165) is 30.6 Å². The average molecular weight is 407 g/mol. The lowest BCUT2D eigenvalue weighted by Crippen LogP contribution is -2.48. The molecule has 2 N–H and O–H groups in total. The highest BCUT2D eigenvalue weighted by Gasteiger charge is 2.36. The maximum atomic E-state index is 13.2. The van der Waals surface area contributed by atoms with Gasteiger partial charge in [-0.05, 0) is 19.3 Å². The van der Waals surface area contributed by atoms with Gasteiger partial charge in [0.1, 0.15) is 6.04 Å². The van der Waals surface area contributed by atoms with Crippen molar-refractivity contribution in [3.8, 4) is 0 Å². The third kappa shape index (κ3) is 4.96. The van der Waals surface area contributed by atoms with Gasteiger partial charge in [-0.2, -0.15) is 0 Å². The van der Waals surface area contributed by atoms with Gasteiger partial charge in [-0.15, -0.1) is 11.3 Å². The second-order valence-electron chi connectivity index (χ2n) is 7.44. The first-order chi connectivity index (χ1) is 13.5. The smallest absolute Gasteiger partial charge is 0.252 e. The number of hydrogen-bond donors (Lipinski definition) is 2. The molecule has 28 heavy (non-hydrogen) atoms. The summed E-state index contributed by atoms with van der Waals surface area (Å²) in [5.74, 6) is -0.647. The molecule has 1 saturated carbocycles. The summed E-state index contributed by atoms with van der Waals surface area (Å²) < 4.78 is 0. The van der Waals surface area contributed by atoms with E-state index in [4.69, 9.17) is 0 Å². The summed E-state index contributed by atoms with van der Waals surface area (Å²) in [6.07, 6.45) is 10.5. The Hall–Kier alpha value is -2.26. The van der Waals surface area contributed by atoms with Gasteiger partial charge in [-0.3, -0.25) is 24.9 Å². The van der Waals surface area contributed by atoms with Crippen LogP contribution in [0, 0.1) is 18.8 Å². The van der Waals surface area contributed by atoms with Crippen LogP contribution in [-0.2, 0) is 14.4 Å². The van der Waals surface area contributed by atoms with Crippen LogP contribution in [0.3, 0.4) is 0 Å². The zero-order valence-electron chi connectivity index (χ0n) is 15.9. The number of nitrogens with one attached hydrogen (secondary N) is 1. The van der Waals surface area contributed by atoms with Crippen molar-refractivity contribution in [3.63, 3.8) is 0 Å². The minimum Gasteiger partial charge on any atom is -0.323 e. The number of hydrogen-bond acceptors (Lipinski definition) is 6. The molecular formula is C19H26N4O4S. The largest absolute Gasteiger partial charge is 0.323 e. The Kier molecular flexibility index (Phi) is 6.79. The van der Waals surface area contributed by atoms with E-state index in [2.05, 4.69) is 10.3 Å². The van der Waals surface area contributed by atoms with Crippen LogP contribution < -0.4 is 5.32 Å². The number of carbonyl (C=O) groups excluding carboxylic acids is 3. The first kappa shape index (κ1) is 20.5. The molecule has 8 nitrogen and oxygen atoms in total. The van der Waals surface area contributed by atoms with Gasteiger partial charge in [0.15, 0.2) is 5.13 Å². The Morgan fingerprint density at radius 1 is 1.46 bits per heavy atom. The number of carbonyl (C=O) groups is 3. The molecule has 2 aliphatic rings. The fourth-order valence-electron chi connectivity index (χ4n) is 3.97. The average Bonchev–Trinajstić information content (AvgIpc) is 3.42. The SMILES string of the molecule is Cc1cnc(NC(=O)[C@@H]2C=CCN2C(=O)[C@H](CC2CCCC2)CN(O)C=O)s1. The van der Waals surface area contributed by atoms with Gasteiger partial charge in [-0.25, -0.2) is 10.0 Å². The molecule has 3 rings (SSSR count). The zero-order valence-corrected chi connectivity index (χ0v) is 16.7. The van der Waals surface area contributed by atoms with Crippen molar-refractivity contribution < 1.29 is 19.6 Å². The van der Waals surface area contributed by atoms with Crippen LogP contribution in [0.5, 0.6) is 0 Å². The maximum absolute atomic E-state index is 13.2. The predicted octanol–water partition coefficient (Wildman–Crippen LogP) is 2.20. The molecule has 2 heterocycles. The molecule has 3 amide bonds. The van der Waals surface area contributed by atoms with Gasteiger partial charge >= 0.3 is 0 Å². The number of nitrogens with zero attached hydrogens (tertiary/aromatic N) is 3. The quantitative estimate of drug-likeness (QED) is 0.298. The molecule has 0 saturated heterocycles. The summed E-state index contributed by atoms with van der Waals surface area (Å²) in [7, 11) is 0. The maximum Gasteiger partial charge on any atom is 0.252 e. The molecule has 152 valence electrons. The molecule has 2 atom stereocenters. The van der Waals surface area contributed by atoms with E-state index in [1.54, 1.807) is 18.3 Å².